The highest BCUT2D eigenvalue weighted by atomic mass is 16.5. The monoisotopic (exact) mass is 436 g/mol. The number of benzene rings is 1. The average Bonchev–Trinajstić information content (AvgIpc) is 3.32. The summed E-state index contributed by atoms with van der Waals surface area (Å²) in [6, 6.07) is 12.4. The van der Waals surface area contributed by atoms with Crippen molar-refractivity contribution in [2.75, 3.05) is 44.7 Å². The quantitative estimate of drug-likeness (QED) is 0.720. The third-order valence-corrected chi connectivity index (χ3v) is 7.11. The normalized spacial score (nSPS) is 19.5. The first kappa shape index (κ1) is 22.6. The molecular formula is C26H36N4O2. The van der Waals surface area contributed by atoms with Gasteiger partial charge in [0.2, 0.25) is 5.91 Å². The van der Waals surface area contributed by atoms with E-state index in [1.807, 2.05) is 25.3 Å². The van der Waals surface area contributed by atoms with E-state index in [0.717, 1.165) is 81.1 Å². The van der Waals surface area contributed by atoms with Crippen molar-refractivity contribution in [2.45, 2.75) is 51.0 Å². The fourth-order valence-electron chi connectivity index (χ4n) is 5.24. The van der Waals surface area contributed by atoms with Crippen molar-refractivity contribution in [2.24, 2.45) is 0 Å². The van der Waals surface area contributed by atoms with Crippen LogP contribution in [0.1, 0.15) is 43.7 Å². The summed E-state index contributed by atoms with van der Waals surface area (Å²) in [6.07, 6.45) is 5.84. The Labute approximate surface area is 192 Å². The van der Waals surface area contributed by atoms with E-state index >= 15 is 0 Å². The highest BCUT2D eigenvalue weighted by Gasteiger charge is 2.43. The van der Waals surface area contributed by atoms with E-state index in [0.29, 0.717) is 0 Å². The minimum Gasteiger partial charge on any atom is -0.496 e. The van der Waals surface area contributed by atoms with Crippen LogP contribution in [-0.2, 0) is 10.2 Å². The van der Waals surface area contributed by atoms with Gasteiger partial charge >= 0.3 is 0 Å². The zero-order chi connectivity index (χ0) is 22.6. The minimum absolute atomic E-state index is 0.105. The Kier molecular flexibility index (Phi) is 6.99. The molecule has 1 aromatic carbocycles. The van der Waals surface area contributed by atoms with Crippen LogP contribution in [0.15, 0.2) is 42.6 Å². The second kappa shape index (κ2) is 9.90. The van der Waals surface area contributed by atoms with Gasteiger partial charge in [-0.2, -0.15) is 0 Å². The number of pyridine rings is 1. The van der Waals surface area contributed by atoms with Crippen molar-refractivity contribution in [1.82, 2.24) is 15.2 Å². The van der Waals surface area contributed by atoms with Gasteiger partial charge in [0, 0.05) is 45.0 Å². The highest BCUT2D eigenvalue weighted by Crippen LogP contribution is 2.43. The molecule has 6 heteroatoms. The number of carbonyl (C=O) groups excluding carboxylic acids is 1. The summed E-state index contributed by atoms with van der Waals surface area (Å²) >= 11 is 0. The molecule has 1 atom stereocenters. The predicted molar refractivity (Wildman–Crippen MR) is 128 cm³/mol. The Morgan fingerprint density at radius 1 is 1.16 bits per heavy atom. The van der Waals surface area contributed by atoms with E-state index < -0.39 is 5.41 Å². The summed E-state index contributed by atoms with van der Waals surface area (Å²) in [4.78, 5) is 22.8. The molecule has 0 radical (unpaired) electrons. The zero-order valence-electron chi connectivity index (χ0n) is 19.6. The molecule has 1 aliphatic heterocycles. The second-order valence-electron chi connectivity index (χ2n) is 9.32. The van der Waals surface area contributed by atoms with E-state index in [1.54, 1.807) is 7.11 Å². The van der Waals surface area contributed by atoms with Gasteiger partial charge in [-0.05, 0) is 56.0 Å². The van der Waals surface area contributed by atoms with Crippen LogP contribution in [0.25, 0.3) is 0 Å². The maximum Gasteiger partial charge on any atom is 0.230 e. The van der Waals surface area contributed by atoms with Crippen LogP contribution in [0, 0.1) is 6.92 Å². The number of rotatable bonds is 7. The molecule has 2 aromatic rings. The smallest absolute Gasteiger partial charge is 0.230 e. The van der Waals surface area contributed by atoms with Crippen LogP contribution in [-0.4, -0.2) is 61.7 Å². The number of aromatic nitrogens is 1. The van der Waals surface area contributed by atoms with Crippen LogP contribution in [0.2, 0.25) is 0 Å². The van der Waals surface area contributed by atoms with Crippen molar-refractivity contribution < 1.29 is 9.53 Å². The predicted octanol–water partition coefficient (Wildman–Crippen LogP) is 3.54. The molecule has 1 saturated heterocycles. The summed E-state index contributed by atoms with van der Waals surface area (Å²) in [6.45, 7) is 8.93. The molecular weight excluding hydrogens is 400 g/mol. The van der Waals surface area contributed by atoms with Crippen LogP contribution in [0.5, 0.6) is 5.75 Å². The van der Waals surface area contributed by atoms with Crippen molar-refractivity contribution >= 4 is 11.7 Å². The van der Waals surface area contributed by atoms with Crippen LogP contribution in [0.3, 0.4) is 0 Å². The molecule has 1 amide bonds. The molecule has 1 N–H and O–H groups in total. The molecule has 0 spiro atoms. The fraction of sp³-hybridized carbons (Fsp3) is 0.538. The molecule has 172 valence electrons. The van der Waals surface area contributed by atoms with Crippen LogP contribution >= 0.6 is 0 Å². The number of amides is 1. The van der Waals surface area contributed by atoms with E-state index in [9.17, 15) is 4.79 Å². The van der Waals surface area contributed by atoms with E-state index in [1.165, 1.54) is 0 Å². The van der Waals surface area contributed by atoms with Crippen molar-refractivity contribution in [3.63, 3.8) is 0 Å². The maximum absolute atomic E-state index is 13.6. The summed E-state index contributed by atoms with van der Waals surface area (Å²) in [7, 11) is 1.70. The van der Waals surface area contributed by atoms with Crippen molar-refractivity contribution in [3.05, 3.63) is 53.7 Å². The van der Waals surface area contributed by atoms with Crippen LogP contribution < -0.4 is 15.0 Å². The van der Waals surface area contributed by atoms with E-state index in [4.69, 9.17) is 4.74 Å². The zero-order valence-corrected chi connectivity index (χ0v) is 19.6. The van der Waals surface area contributed by atoms with Gasteiger partial charge in [-0.1, -0.05) is 31.0 Å². The standard InChI is InChI=1S/C26H36N4O2/c1-20-9-10-22(18-23(20)32-3)26(11-5-6-12-26)25(31)28-21(2)19-29-14-16-30(17-15-29)24-8-4-7-13-27-24/h4,7-10,13,18,21H,5-6,11-12,14-17,19H2,1-3H3,(H,28,31). The SMILES string of the molecule is COc1cc(C2(C(=O)NC(C)CN3CCN(c4ccccn4)CC3)CCCC2)ccc1C. The third-order valence-electron chi connectivity index (χ3n) is 7.11. The molecule has 32 heavy (non-hydrogen) atoms. The van der Waals surface area contributed by atoms with Crippen LogP contribution in [0.4, 0.5) is 5.82 Å². The fourth-order valence-corrected chi connectivity index (χ4v) is 5.24. The van der Waals surface area contributed by atoms with Gasteiger partial charge in [0.15, 0.2) is 0 Å². The first-order valence-electron chi connectivity index (χ1n) is 11.9. The van der Waals surface area contributed by atoms with Gasteiger partial charge < -0.3 is 15.0 Å². The highest BCUT2D eigenvalue weighted by molar-refractivity contribution is 5.89. The van der Waals surface area contributed by atoms with Gasteiger partial charge in [0.25, 0.3) is 0 Å². The van der Waals surface area contributed by atoms with E-state index in [2.05, 4.69) is 51.3 Å². The Hall–Kier alpha value is -2.60. The summed E-state index contributed by atoms with van der Waals surface area (Å²) in [5, 5.41) is 3.36. The molecule has 6 nitrogen and oxygen atoms in total. The average molecular weight is 437 g/mol. The lowest BCUT2D eigenvalue weighted by Crippen LogP contribution is -2.53. The second-order valence-corrected chi connectivity index (χ2v) is 9.32. The lowest BCUT2D eigenvalue weighted by Gasteiger charge is -2.37. The molecule has 1 saturated carbocycles. The molecule has 2 fully saturated rings. The van der Waals surface area contributed by atoms with Gasteiger partial charge in [0.05, 0.1) is 12.5 Å². The number of hydrogen-bond acceptors (Lipinski definition) is 5. The van der Waals surface area contributed by atoms with Crippen molar-refractivity contribution in [1.29, 1.82) is 0 Å². The Bertz CT molecular complexity index is 903. The molecule has 1 aromatic heterocycles. The Balaban J connectivity index is 1.36. The number of ether oxygens (including phenoxy) is 1. The molecule has 1 aliphatic carbocycles. The lowest BCUT2D eigenvalue weighted by molar-refractivity contribution is -0.127. The molecule has 2 aliphatic rings. The number of methoxy groups -OCH3 is 1. The number of aryl methyl sites for hydroxylation is 1. The first-order chi connectivity index (χ1) is 15.5. The Morgan fingerprint density at radius 3 is 2.56 bits per heavy atom. The lowest BCUT2D eigenvalue weighted by atomic mass is 9.77. The number of hydrogen-bond donors (Lipinski definition) is 1. The number of piperazine rings is 1. The molecule has 0 bridgehead atoms. The number of carbonyl (C=O) groups is 1. The summed E-state index contributed by atoms with van der Waals surface area (Å²) in [5.41, 5.74) is 1.75. The number of anilines is 1. The number of nitrogens with one attached hydrogen (secondary N) is 1. The summed E-state index contributed by atoms with van der Waals surface area (Å²) < 4.78 is 5.55. The molecule has 2 heterocycles. The maximum atomic E-state index is 13.6. The topological polar surface area (TPSA) is 57.7 Å². The van der Waals surface area contributed by atoms with Gasteiger partial charge in [-0.3, -0.25) is 9.69 Å². The third kappa shape index (κ3) is 4.75. The molecule has 4 rings (SSSR count). The largest absolute Gasteiger partial charge is 0.496 e. The van der Waals surface area contributed by atoms with Gasteiger partial charge in [0.1, 0.15) is 11.6 Å². The minimum atomic E-state index is -0.438. The first-order valence-corrected chi connectivity index (χ1v) is 11.9. The molecule has 1 unspecified atom stereocenters. The summed E-state index contributed by atoms with van der Waals surface area (Å²) in [5.74, 6) is 2.08. The van der Waals surface area contributed by atoms with E-state index in [-0.39, 0.29) is 11.9 Å². The Morgan fingerprint density at radius 2 is 1.91 bits per heavy atom. The van der Waals surface area contributed by atoms with Gasteiger partial charge in [-0.25, -0.2) is 4.98 Å². The number of nitrogens with zero attached hydrogens (tertiary/aromatic N) is 3. The van der Waals surface area contributed by atoms with Gasteiger partial charge in [-0.15, -0.1) is 0 Å². The van der Waals surface area contributed by atoms with Crippen molar-refractivity contribution in [3.8, 4) is 5.75 Å².